The Morgan fingerprint density at radius 1 is 0.824 bits per heavy atom. The maximum Gasteiger partial charge on any atom is 0.123 e. The van der Waals surface area contributed by atoms with Gasteiger partial charge in [-0.05, 0) is 66.6 Å². The van der Waals surface area contributed by atoms with Gasteiger partial charge >= 0.3 is 0 Å². The molecule has 0 aromatic heterocycles. The first-order valence-electron chi connectivity index (χ1n) is 11.4. The Bertz CT molecular complexity index is 1200. The molecule has 0 N–H and O–H groups in total. The summed E-state index contributed by atoms with van der Waals surface area (Å²) in [6, 6.07) is 39.8. The van der Waals surface area contributed by atoms with Crippen molar-refractivity contribution in [3.8, 4) is 11.8 Å². The second-order valence-corrected chi connectivity index (χ2v) is 12.2. The third-order valence-corrected chi connectivity index (χ3v) is 11.2. The number of nitrogens with zero attached hydrogens (tertiary/aromatic N) is 1. The molecule has 0 unspecified atom stereocenters. The van der Waals surface area contributed by atoms with Crippen LogP contribution in [0.2, 0.25) is 0 Å². The molecule has 170 valence electrons. The van der Waals surface area contributed by atoms with Crippen molar-refractivity contribution in [3.63, 3.8) is 0 Å². The standard InChI is InChI=1S/C30H28FNOP/c1-24(27-15-17-28(18-16-27)33-20-19-31)34(29-11-4-2-5-12-29,30-13-6-3-7-14-30)23-26-10-8-9-25(21-26)22-32/h2-18,21,24H,19-20,23H2,1H3/q+1/t24-/m0/s1. The van der Waals surface area contributed by atoms with E-state index in [2.05, 4.69) is 91.9 Å². The maximum atomic E-state index is 12.5. The molecule has 0 spiro atoms. The average molecular weight is 469 g/mol. The fourth-order valence-corrected chi connectivity index (χ4v) is 9.28. The first kappa shape index (κ1) is 23.7. The van der Waals surface area contributed by atoms with Crippen LogP contribution < -0.4 is 15.3 Å². The van der Waals surface area contributed by atoms with Crippen LogP contribution >= 0.6 is 7.26 Å². The van der Waals surface area contributed by atoms with E-state index in [-0.39, 0.29) is 12.3 Å². The summed E-state index contributed by atoms with van der Waals surface area (Å²) in [5.41, 5.74) is 3.26. The maximum absolute atomic E-state index is 12.5. The average Bonchev–Trinajstić information content (AvgIpc) is 2.91. The van der Waals surface area contributed by atoms with Crippen molar-refractivity contribution in [1.29, 1.82) is 5.26 Å². The molecule has 0 bridgehead atoms. The lowest BCUT2D eigenvalue weighted by atomic mass is 10.1. The van der Waals surface area contributed by atoms with Gasteiger partial charge in [-0.3, -0.25) is 0 Å². The van der Waals surface area contributed by atoms with E-state index in [0.29, 0.717) is 11.3 Å². The second-order valence-electron chi connectivity index (χ2n) is 8.29. The van der Waals surface area contributed by atoms with Gasteiger partial charge in [-0.1, -0.05) is 60.7 Å². The zero-order valence-electron chi connectivity index (χ0n) is 19.3. The lowest BCUT2D eigenvalue weighted by Crippen LogP contribution is -2.28. The van der Waals surface area contributed by atoms with Gasteiger partial charge in [0.1, 0.15) is 35.3 Å². The summed E-state index contributed by atoms with van der Waals surface area (Å²) >= 11 is 0. The second kappa shape index (κ2) is 11.1. The van der Waals surface area contributed by atoms with Crippen molar-refractivity contribution in [3.05, 3.63) is 126 Å². The predicted octanol–water partition coefficient (Wildman–Crippen LogP) is 6.84. The quantitative estimate of drug-likeness (QED) is 0.252. The molecule has 4 aromatic rings. The van der Waals surface area contributed by atoms with Gasteiger partial charge in [0.05, 0.1) is 25.1 Å². The third-order valence-electron chi connectivity index (χ3n) is 6.29. The highest BCUT2D eigenvalue weighted by molar-refractivity contribution is 7.89. The van der Waals surface area contributed by atoms with Crippen molar-refractivity contribution in [1.82, 2.24) is 0 Å². The Hall–Kier alpha value is -3.47. The molecule has 4 aromatic carbocycles. The lowest BCUT2D eigenvalue weighted by Gasteiger charge is -2.33. The molecule has 1 atom stereocenters. The van der Waals surface area contributed by atoms with Gasteiger partial charge < -0.3 is 4.74 Å². The molecule has 2 nitrogen and oxygen atoms in total. The van der Waals surface area contributed by atoms with E-state index in [9.17, 15) is 9.65 Å². The molecular weight excluding hydrogens is 440 g/mol. The number of halogens is 1. The van der Waals surface area contributed by atoms with Crippen molar-refractivity contribution in [2.45, 2.75) is 18.7 Å². The number of ether oxygens (including phenoxy) is 1. The minimum Gasteiger partial charge on any atom is -0.491 e. The summed E-state index contributed by atoms with van der Waals surface area (Å²) < 4.78 is 18.0. The number of nitriles is 1. The van der Waals surface area contributed by atoms with Gasteiger partial charge in [-0.15, -0.1) is 0 Å². The van der Waals surface area contributed by atoms with Crippen LogP contribution in [0.4, 0.5) is 4.39 Å². The highest BCUT2D eigenvalue weighted by Gasteiger charge is 2.48. The Morgan fingerprint density at radius 3 is 2.00 bits per heavy atom. The van der Waals surface area contributed by atoms with Crippen molar-refractivity contribution in [2.24, 2.45) is 0 Å². The summed E-state index contributed by atoms with van der Waals surface area (Å²) in [6.07, 6.45) is 0.845. The Labute approximate surface area is 202 Å². The molecule has 0 aliphatic carbocycles. The number of alkyl halides is 1. The highest BCUT2D eigenvalue weighted by atomic mass is 31.2. The first-order valence-corrected chi connectivity index (χ1v) is 13.5. The topological polar surface area (TPSA) is 33.0 Å². The van der Waals surface area contributed by atoms with E-state index in [0.717, 1.165) is 11.7 Å². The minimum atomic E-state index is -2.01. The zero-order valence-corrected chi connectivity index (χ0v) is 20.2. The summed E-state index contributed by atoms with van der Waals surface area (Å²) in [5, 5.41) is 12.1. The molecule has 0 aliphatic rings. The van der Waals surface area contributed by atoms with E-state index in [1.165, 1.54) is 16.2 Å². The zero-order chi connectivity index (χ0) is 23.8. The predicted molar refractivity (Wildman–Crippen MR) is 140 cm³/mol. The fourth-order valence-electron chi connectivity index (χ4n) is 4.58. The first-order chi connectivity index (χ1) is 16.7. The van der Waals surface area contributed by atoms with Crippen molar-refractivity contribution in [2.75, 3.05) is 13.3 Å². The molecular formula is C30H28FNOP+. The molecule has 0 fully saturated rings. The van der Waals surface area contributed by atoms with Crippen LogP contribution in [0.25, 0.3) is 0 Å². The summed E-state index contributed by atoms with van der Waals surface area (Å²) in [5.74, 6) is 0.679. The number of benzene rings is 4. The highest BCUT2D eigenvalue weighted by Crippen LogP contribution is 2.69. The largest absolute Gasteiger partial charge is 0.491 e. The summed E-state index contributed by atoms with van der Waals surface area (Å²) in [6.45, 7) is 1.87. The van der Waals surface area contributed by atoms with Crippen molar-refractivity contribution >= 4 is 17.9 Å². The van der Waals surface area contributed by atoms with E-state index in [4.69, 9.17) is 4.74 Å². The SMILES string of the molecule is C[C@@H](c1ccc(OCCF)cc1)[P+](Cc1cccc(C#N)c1)(c1ccccc1)c1ccccc1. The van der Waals surface area contributed by atoms with Crippen LogP contribution in [0, 0.1) is 11.3 Å². The van der Waals surface area contributed by atoms with Crippen LogP contribution in [0.1, 0.15) is 29.3 Å². The number of hydrogen-bond acceptors (Lipinski definition) is 2. The fraction of sp³-hybridized carbons (Fsp3) is 0.167. The normalized spacial score (nSPS) is 12.0. The van der Waals surface area contributed by atoms with Crippen LogP contribution in [0.5, 0.6) is 5.75 Å². The minimum absolute atomic E-state index is 0.0646. The molecule has 0 aliphatic heterocycles. The van der Waals surface area contributed by atoms with Crippen LogP contribution in [-0.2, 0) is 6.16 Å². The van der Waals surface area contributed by atoms with Gasteiger partial charge in [-0.2, -0.15) is 5.26 Å². The van der Waals surface area contributed by atoms with Crippen molar-refractivity contribution < 1.29 is 9.13 Å². The summed E-state index contributed by atoms with van der Waals surface area (Å²) in [7, 11) is -2.01. The van der Waals surface area contributed by atoms with Gasteiger partial charge in [0, 0.05) is 0 Å². The molecule has 4 rings (SSSR count). The Morgan fingerprint density at radius 2 is 1.44 bits per heavy atom. The lowest BCUT2D eigenvalue weighted by molar-refractivity contribution is 0.273. The van der Waals surface area contributed by atoms with Gasteiger partial charge in [-0.25, -0.2) is 4.39 Å². The monoisotopic (exact) mass is 468 g/mol. The van der Waals surface area contributed by atoms with Gasteiger partial charge in [0.2, 0.25) is 0 Å². The molecule has 34 heavy (non-hydrogen) atoms. The van der Waals surface area contributed by atoms with Gasteiger partial charge in [0.15, 0.2) is 0 Å². The van der Waals surface area contributed by atoms with Gasteiger partial charge in [0.25, 0.3) is 0 Å². The van der Waals surface area contributed by atoms with E-state index in [1.807, 2.05) is 30.3 Å². The summed E-state index contributed by atoms with van der Waals surface area (Å²) in [4.78, 5) is 0. The third kappa shape index (κ3) is 5.04. The number of rotatable bonds is 9. The molecule has 0 heterocycles. The van der Waals surface area contributed by atoms with E-state index >= 15 is 0 Å². The smallest absolute Gasteiger partial charge is 0.123 e. The van der Waals surface area contributed by atoms with E-state index < -0.39 is 13.9 Å². The molecule has 0 saturated heterocycles. The van der Waals surface area contributed by atoms with Crippen LogP contribution in [-0.4, -0.2) is 13.3 Å². The molecule has 4 heteroatoms. The molecule has 0 saturated carbocycles. The molecule has 0 amide bonds. The number of hydrogen-bond donors (Lipinski definition) is 0. The molecule has 0 radical (unpaired) electrons. The van der Waals surface area contributed by atoms with Crippen LogP contribution in [0.3, 0.4) is 0 Å². The van der Waals surface area contributed by atoms with Crippen LogP contribution in [0.15, 0.2) is 109 Å². The Kier molecular flexibility index (Phi) is 7.73. The van der Waals surface area contributed by atoms with E-state index in [1.54, 1.807) is 0 Å². The Balaban J connectivity index is 1.88.